The Balaban J connectivity index is 3.17. The Labute approximate surface area is 120 Å². The Hall–Kier alpha value is -1.93. The third-order valence-electron chi connectivity index (χ3n) is 2.55. The Kier molecular flexibility index (Phi) is 5.66. The van der Waals surface area contributed by atoms with Crippen LogP contribution >= 0.6 is 11.6 Å². The zero-order valence-corrected chi connectivity index (χ0v) is 11.8. The van der Waals surface area contributed by atoms with E-state index in [9.17, 15) is 14.9 Å². The number of carboxylic acids is 1. The molecule has 0 aliphatic heterocycles. The number of aromatic carboxylic acids is 1. The van der Waals surface area contributed by atoms with E-state index in [1.54, 1.807) is 0 Å². The van der Waals surface area contributed by atoms with Crippen LogP contribution in [0.25, 0.3) is 0 Å². The van der Waals surface area contributed by atoms with Gasteiger partial charge in [0.1, 0.15) is 10.6 Å². The maximum absolute atomic E-state index is 11.0. The SMILES string of the molecule is CCCCNNc1nc(C)c(C(=O)O)c(Cl)c1[N+](=O)[O-]. The lowest BCUT2D eigenvalue weighted by molar-refractivity contribution is -0.384. The summed E-state index contributed by atoms with van der Waals surface area (Å²) >= 11 is 5.82. The molecule has 0 aliphatic rings. The van der Waals surface area contributed by atoms with Crippen molar-refractivity contribution in [3.8, 4) is 0 Å². The standard InChI is InChI=1S/C11H15ClN4O4/c1-3-4-5-13-15-10-9(16(19)20)8(12)7(11(17)18)6(2)14-10/h13H,3-5H2,1-2H3,(H,14,15)(H,17,18). The van der Waals surface area contributed by atoms with E-state index in [0.717, 1.165) is 12.8 Å². The number of carbonyl (C=O) groups is 1. The molecule has 8 nitrogen and oxygen atoms in total. The number of nitro groups is 1. The van der Waals surface area contributed by atoms with Gasteiger partial charge in [0.15, 0.2) is 0 Å². The fourth-order valence-electron chi connectivity index (χ4n) is 1.57. The number of hydrogen-bond acceptors (Lipinski definition) is 6. The van der Waals surface area contributed by atoms with Crippen LogP contribution in [-0.4, -0.2) is 27.5 Å². The summed E-state index contributed by atoms with van der Waals surface area (Å²) in [5.74, 6) is -1.45. The molecule has 20 heavy (non-hydrogen) atoms. The predicted molar refractivity (Wildman–Crippen MR) is 74.1 cm³/mol. The van der Waals surface area contributed by atoms with E-state index in [0.29, 0.717) is 6.54 Å². The van der Waals surface area contributed by atoms with E-state index in [-0.39, 0.29) is 17.1 Å². The molecule has 1 aromatic rings. The fourth-order valence-corrected chi connectivity index (χ4v) is 1.95. The number of pyridine rings is 1. The van der Waals surface area contributed by atoms with Crippen LogP contribution in [0.15, 0.2) is 0 Å². The van der Waals surface area contributed by atoms with E-state index in [1.807, 2.05) is 6.92 Å². The molecule has 0 bridgehead atoms. The average molecular weight is 303 g/mol. The summed E-state index contributed by atoms with van der Waals surface area (Å²) in [6, 6.07) is 0. The number of nitrogens with one attached hydrogen (secondary N) is 2. The number of hydrogen-bond donors (Lipinski definition) is 3. The Morgan fingerprint density at radius 3 is 2.70 bits per heavy atom. The number of carboxylic acid groups (broad SMARTS) is 1. The van der Waals surface area contributed by atoms with Crippen molar-refractivity contribution < 1.29 is 14.8 Å². The quantitative estimate of drug-likeness (QED) is 0.402. The topological polar surface area (TPSA) is 117 Å². The number of anilines is 1. The smallest absolute Gasteiger partial charge is 0.339 e. The van der Waals surface area contributed by atoms with Crippen LogP contribution in [0.3, 0.4) is 0 Å². The second kappa shape index (κ2) is 7.01. The molecule has 0 saturated carbocycles. The minimum absolute atomic E-state index is 0.0985. The van der Waals surface area contributed by atoms with Gasteiger partial charge in [-0.2, -0.15) is 0 Å². The molecule has 3 N–H and O–H groups in total. The van der Waals surface area contributed by atoms with E-state index in [4.69, 9.17) is 16.7 Å². The zero-order valence-electron chi connectivity index (χ0n) is 11.1. The monoisotopic (exact) mass is 302 g/mol. The van der Waals surface area contributed by atoms with Crippen molar-refractivity contribution in [1.82, 2.24) is 10.4 Å². The van der Waals surface area contributed by atoms with Crippen molar-refractivity contribution in [2.45, 2.75) is 26.7 Å². The molecule has 110 valence electrons. The van der Waals surface area contributed by atoms with Gasteiger partial charge in [-0.3, -0.25) is 15.5 Å². The van der Waals surface area contributed by atoms with Crippen molar-refractivity contribution in [2.24, 2.45) is 0 Å². The number of nitrogens with zero attached hydrogens (tertiary/aromatic N) is 2. The molecular weight excluding hydrogens is 288 g/mol. The largest absolute Gasteiger partial charge is 0.478 e. The minimum atomic E-state index is -1.35. The van der Waals surface area contributed by atoms with Gasteiger partial charge < -0.3 is 5.11 Å². The number of unbranched alkanes of at least 4 members (excludes halogenated alkanes) is 1. The van der Waals surface area contributed by atoms with E-state index in [2.05, 4.69) is 15.8 Å². The van der Waals surface area contributed by atoms with Gasteiger partial charge in [0.2, 0.25) is 5.82 Å². The first-order chi connectivity index (χ1) is 9.40. The molecule has 1 aromatic heterocycles. The highest BCUT2D eigenvalue weighted by Crippen LogP contribution is 2.35. The molecule has 0 aromatic carbocycles. The van der Waals surface area contributed by atoms with Crippen molar-refractivity contribution >= 4 is 29.1 Å². The summed E-state index contributed by atoms with van der Waals surface area (Å²) in [6.45, 7) is 4.02. The molecule has 0 atom stereocenters. The molecular formula is C11H15ClN4O4. The van der Waals surface area contributed by atoms with Gasteiger partial charge in [0.25, 0.3) is 0 Å². The molecule has 0 amide bonds. The van der Waals surface area contributed by atoms with Gasteiger partial charge in [0.05, 0.1) is 10.6 Å². The van der Waals surface area contributed by atoms with Gasteiger partial charge in [-0.25, -0.2) is 15.2 Å². The summed E-state index contributed by atoms with van der Waals surface area (Å²) in [7, 11) is 0. The van der Waals surface area contributed by atoms with Gasteiger partial charge in [-0.15, -0.1) is 0 Å². The highest BCUT2D eigenvalue weighted by Gasteiger charge is 2.28. The maximum Gasteiger partial charge on any atom is 0.339 e. The lowest BCUT2D eigenvalue weighted by Crippen LogP contribution is -2.24. The normalized spacial score (nSPS) is 10.3. The lowest BCUT2D eigenvalue weighted by Gasteiger charge is -2.11. The van der Waals surface area contributed by atoms with Crippen LogP contribution in [0.4, 0.5) is 11.5 Å². The van der Waals surface area contributed by atoms with E-state index in [1.165, 1.54) is 6.92 Å². The molecule has 0 radical (unpaired) electrons. The zero-order chi connectivity index (χ0) is 15.3. The number of aryl methyl sites for hydroxylation is 1. The molecule has 0 spiro atoms. The molecule has 1 rings (SSSR count). The van der Waals surface area contributed by atoms with Gasteiger partial charge in [-0.1, -0.05) is 24.9 Å². The summed E-state index contributed by atoms with van der Waals surface area (Å²) in [5.41, 5.74) is 4.56. The second-order valence-corrected chi connectivity index (χ2v) is 4.43. The highest BCUT2D eigenvalue weighted by atomic mass is 35.5. The molecule has 0 unspecified atom stereocenters. The van der Waals surface area contributed by atoms with Gasteiger partial charge in [0, 0.05) is 6.54 Å². The molecule has 0 aliphatic carbocycles. The molecule has 0 saturated heterocycles. The van der Waals surface area contributed by atoms with Crippen LogP contribution in [0.2, 0.25) is 5.02 Å². The van der Waals surface area contributed by atoms with Crippen molar-refractivity contribution in [1.29, 1.82) is 0 Å². The lowest BCUT2D eigenvalue weighted by atomic mass is 10.2. The Morgan fingerprint density at radius 2 is 2.20 bits per heavy atom. The highest BCUT2D eigenvalue weighted by molar-refractivity contribution is 6.36. The number of aromatic nitrogens is 1. The van der Waals surface area contributed by atoms with Crippen LogP contribution < -0.4 is 10.9 Å². The van der Waals surface area contributed by atoms with Crippen LogP contribution in [0.5, 0.6) is 0 Å². The van der Waals surface area contributed by atoms with E-state index < -0.39 is 21.6 Å². The Bertz CT molecular complexity index is 536. The first kappa shape index (κ1) is 16.1. The molecule has 9 heteroatoms. The summed E-state index contributed by atoms with van der Waals surface area (Å²) < 4.78 is 0. The third-order valence-corrected chi connectivity index (χ3v) is 2.92. The maximum atomic E-state index is 11.0. The second-order valence-electron chi connectivity index (χ2n) is 4.05. The Morgan fingerprint density at radius 1 is 1.55 bits per heavy atom. The average Bonchev–Trinajstić information content (AvgIpc) is 2.33. The van der Waals surface area contributed by atoms with Gasteiger partial charge >= 0.3 is 11.7 Å². The van der Waals surface area contributed by atoms with Crippen molar-refractivity contribution in [2.75, 3.05) is 12.0 Å². The van der Waals surface area contributed by atoms with Crippen molar-refractivity contribution in [3.63, 3.8) is 0 Å². The predicted octanol–water partition coefficient (Wildman–Crippen LogP) is 2.37. The van der Waals surface area contributed by atoms with Crippen molar-refractivity contribution in [3.05, 3.63) is 26.4 Å². The van der Waals surface area contributed by atoms with Gasteiger partial charge in [-0.05, 0) is 13.3 Å². The fraction of sp³-hybridized carbons (Fsp3) is 0.455. The molecule has 0 fully saturated rings. The first-order valence-electron chi connectivity index (χ1n) is 5.96. The number of halogens is 1. The minimum Gasteiger partial charge on any atom is -0.478 e. The summed E-state index contributed by atoms with van der Waals surface area (Å²) in [6.07, 6.45) is 1.84. The molecule has 1 heterocycles. The number of rotatable bonds is 7. The third kappa shape index (κ3) is 3.55. The number of hydrazine groups is 1. The van der Waals surface area contributed by atoms with Crippen LogP contribution in [-0.2, 0) is 0 Å². The summed E-state index contributed by atoms with van der Waals surface area (Å²) in [4.78, 5) is 25.2. The van der Waals surface area contributed by atoms with Crippen LogP contribution in [0, 0.1) is 17.0 Å². The van der Waals surface area contributed by atoms with Crippen LogP contribution in [0.1, 0.15) is 35.8 Å². The van der Waals surface area contributed by atoms with E-state index >= 15 is 0 Å². The summed E-state index contributed by atoms with van der Waals surface area (Å²) in [5, 5.41) is 19.6. The first-order valence-corrected chi connectivity index (χ1v) is 6.34.